The first-order chi connectivity index (χ1) is 23.2. The number of phosphoric ester groups is 1. The number of esters is 1. The van der Waals surface area contributed by atoms with Gasteiger partial charge in [0.05, 0.1) is 19.8 Å². The molecule has 0 radical (unpaired) electrons. The van der Waals surface area contributed by atoms with Crippen molar-refractivity contribution in [1.82, 2.24) is 0 Å². The van der Waals surface area contributed by atoms with Crippen molar-refractivity contribution >= 4 is 19.8 Å². The number of hydrogen-bond donors (Lipinski definition) is 3. The lowest BCUT2D eigenvalue weighted by molar-refractivity contribution is -0.154. The molecule has 0 rings (SSSR count). The predicted octanol–water partition coefficient (Wildman–Crippen LogP) is 8.91. The van der Waals surface area contributed by atoms with Crippen molar-refractivity contribution in [2.24, 2.45) is 5.73 Å². The highest BCUT2D eigenvalue weighted by Gasteiger charge is 2.27. The number of carbonyl (C=O) groups is 2. The van der Waals surface area contributed by atoms with E-state index in [-0.39, 0.29) is 13.0 Å². The first kappa shape index (κ1) is 45.7. The van der Waals surface area contributed by atoms with Gasteiger partial charge in [-0.1, -0.05) is 107 Å². The van der Waals surface area contributed by atoms with Crippen molar-refractivity contribution in [3.05, 3.63) is 60.8 Å². The summed E-state index contributed by atoms with van der Waals surface area (Å²) < 4.78 is 33.1. The van der Waals surface area contributed by atoms with Crippen molar-refractivity contribution < 1.29 is 42.7 Å². The van der Waals surface area contributed by atoms with Crippen LogP contribution in [0.3, 0.4) is 0 Å². The third-order valence-corrected chi connectivity index (χ3v) is 7.96. The Morgan fingerprint density at radius 3 is 1.83 bits per heavy atom. The normalized spacial score (nSPS) is 14.9. The molecule has 0 spiro atoms. The number of ether oxygens (including phenoxy) is 2. The van der Waals surface area contributed by atoms with Gasteiger partial charge < -0.3 is 25.2 Å². The molecule has 0 aromatic rings. The van der Waals surface area contributed by atoms with Crippen LogP contribution in [-0.2, 0) is 32.7 Å². The summed E-state index contributed by atoms with van der Waals surface area (Å²) in [4.78, 5) is 33.3. The van der Waals surface area contributed by atoms with Gasteiger partial charge in [-0.25, -0.2) is 4.57 Å². The SMILES string of the molecule is CC/C=C\C/C=C\C/C=C\C/C=C\CCCCC(=O)OC(COCCCCCCCC/C=C\CCC)COP(=O)(O)OCC(N)C(=O)O. The zero-order valence-electron chi connectivity index (χ0n) is 29.6. The number of unbranched alkanes of at least 4 members (excludes halogenated alkanes) is 9. The third-order valence-electron chi connectivity index (χ3n) is 7.01. The number of nitrogens with two attached hydrogens (primary N) is 1. The van der Waals surface area contributed by atoms with Gasteiger partial charge in [0.2, 0.25) is 0 Å². The fourth-order valence-corrected chi connectivity index (χ4v) is 5.02. The fraction of sp³-hybridized carbons (Fsp3) is 0.676. The number of phosphoric acid groups is 1. The molecule has 0 heterocycles. The molecule has 276 valence electrons. The van der Waals surface area contributed by atoms with Crippen LogP contribution in [0.2, 0.25) is 0 Å². The number of carboxylic acid groups (broad SMARTS) is 1. The molecule has 0 saturated heterocycles. The summed E-state index contributed by atoms with van der Waals surface area (Å²) in [6, 6.07) is -1.48. The molecule has 48 heavy (non-hydrogen) atoms. The van der Waals surface area contributed by atoms with Crippen LogP contribution in [0.15, 0.2) is 60.8 Å². The molecule has 10 nitrogen and oxygen atoms in total. The van der Waals surface area contributed by atoms with Crippen LogP contribution in [0, 0.1) is 0 Å². The second-order valence-electron chi connectivity index (χ2n) is 11.6. The fourth-order valence-electron chi connectivity index (χ4n) is 4.24. The van der Waals surface area contributed by atoms with Crippen molar-refractivity contribution in [1.29, 1.82) is 0 Å². The molecule has 4 N–H and O–H groups in total. The first-order valence-electron chi connectivity index (χ1n) is 17.8. The molecule has 0 saturated carbocycles. The minimum atomic E-state index is -4.62. The van der Waals surface area contributed by atoms with Crippen LogP contribution >= 0.6 is 7.82 Å². The van der Waals surface area contributed by atoms with Gasteiger partial charge in [0.1, 0.15) is 12.1 Å². The zero-order chi connectivity index (χ0) is 35.6. The van der Waals surface area contributed by atoms with Crippen LogP contribution in [-0.4, -0.2) is 60.5 Å². The Bertz CT molecular complexity index is 993. The smallest absolute Gasteiger partial charge is 0.472 e. The average Bonchev–Trinajstić information content (AvgIpc) is 3.06. The van der Waals surface area contributed by atoms with Gasteiger partial charge in [0, 0.05) is 13.0 Å². The Balaban J connectivity index is 4.45. The number of allylic oxidation sites excluding steroid dienone is 10. The molecule has 0 bridgehead atoms. The van der Waals surface area contributed by atoms with E-state index in [0.717, 1.165) is 70.6 Å². The lowest BCUT2D eigenvalue weighted by Gasteiger charge is -2.20. The Kier molecular flexibility index (Phi) is 31.6. The van der Waals surface area contributed by atoms with Crippen LogP contribution in [0.25, 0.3) is 0 Å². The van der Waals surface area contributed by atoms with Gasteiger partial charge in [-0.15, -0.1) is 0 Å². The molecule has 0 aromatic carbocycles. The highest BCUT2D eigenvalue weighted by Crippen LogP contribution is 2.43. The van der Waals surface area contributed by atoms with E-state index in [1.165, 1.54) is 25.7 Å². The molecular formula is C37H64NO9P. The lowest BCUT2D eigenvalue weighted by Crippen LogP contribution is -2.34. The maximum Gasteiger partial charge on any atom is 0.472 e. The molecule has 0 aromatic heterocycles. The molecule has 0 aliphatic carbocycles. The molecule has 3 atom stereocenters. The first-order valence-corrected chi connectivity index (χ1v) is 19.3. The molecule has 0 amide bonds. The van der Waals surface area contributed by atoms with E-state index in [2.05, 4.69) is 79.1 Å². The highest BCUT2D eigenvalue weighted by molar-refractivity contribution is 7.47. The number of rotatable bonds is 33. The van der Waals surface area contributed by atoms with Crippen molar-refractivity contribution in [3.63, 3.8) is 0 Å². The summed E-state index contributed by atoms with van der Waals surface area (Å²) in [5, 5.41) is 8.85. The minimum Gasteiger partial charge on any atom is -0.480 e. The number of aliphatic carboxylic acids is 1. The van der Waals surface area contributed by atoms with Crippen molar-refractivity contribution in [3.8, 4) is 0 Å². The van der Waals surface area contributed by atoms with Gasteiger partial charge in [0.15, 0.2) is 0 Å². The molecule has 11 heteroatoms. The van der Waals surface area contributed by atoms with E-state index < -0.39 is 45.1 Å². The molecule has 3 unspecified atom stereocenters. The Morgan fingerprint density at radius 2 is 1.21 bits per heavy atom. The second kappa shape index (κ2) is 33.2. The van der Waals surface area contributed by atoms with Crippen LogP contribution < -0.4 is 5.73 Å². The number of hydrogen-bond acceptors (Lipinski definition) is 8. The Hall–Kier alpha value is -2.33. The standard InChI is InChI=1S/C37H64NO9P/c1-3-5-7-9-11-13-15-16-17-18-19-21-23-25-27-29-36(39)47-34(32-45-48(42,43)46-33-35(38)37(40)41)31-44-30-28-26-24-22-20-14-12-10-8-6-4-2/h5,7-8,10-11,13,16-17,19,21,34-35H,3-4,6,9,12,14-15,18,20,22-33,38H2,1-2H3,(H,40,41)(H,42,43)/b7-5-,10-8-,13-11-,17-16-,21-19-. The zero-order valence-corrected chi connectivity index (χ0v) is 30.4. The summed E-state index contributed by atoms with van der Waals surface area (Å²) in [7, 11) is -4.62. The Labute approximate surface area is 290 Å². The number of carboxylic acids is 1. The molecule has 0 aliphatic rings. The van der Waals surface area contributed by atoms with Crippen LogP contribution in [0.5, 0.6) is 0 Å². The van der Waals surface area contributed by atoms with Gasteiger partial charge in [0.25, 0.3) is 0 Å². The lowest BCUT2D eigenvalue weighted by atomic mass is 10.1. The van der Waals surface area contributed by atoms with Gasteiger partial charge in [-0.3, -0.25) is 18.6 Å². The van der Waals surface area contributed by atoms with Crippen molar-refractivity contribution in [2.45, 2.75) is 135 Å². The molecular weight excluding hydrogens is 633 g/mol. The molecule has 0 fully saturated rings. The van der Waals surface area contributed by atoms with E-state index >= 15 is 0 Å². The van der Waals surface area contributed by atoms with Gasteiger partial charge in [-0.05, 0) is 70.6 Å². The highest BCUT2D eigenvalue weighted by atomic mass is 31.2. The topological polar surface area (TPSA) is 155 Å². The van der Waals surface area contributed by atoms with E-state index in [0.29, 0.717) is 13.0 Å². The van der Waals surface area contributed by atoms with Gasteiger partial charge in [-0.2, -0.15) is 0 Å². The summed E-state index contributed by atoms with van der Waals surface area (Å²) in [5.74, 6) is -1.83. The van der Waals surface area contributed by atoms with Gasteiger partial charge >= 0.3 is 19.8 Å². The largest absolute Gasteiger partial charge is 0.480 e. The Morgan fingerprint density at radius 1 is 0.688 bits per heavy atom. The van der Waals surface area contributed by atoms with E-state index in [4.69, 9.17) is 24.8 Å². The summed E-state index contributed by atoms with van der Waals surface area (Å²) >= 11 is 0. The summed E-state index contributed by atoms with van der Waals surface area (Å²) in [6.07, 6.45) is 37.1. The quantitative estimate of drug-likeness (QED) is 0.0262. The minimum absolute atomic E-state index is 0.00751. The second-order valence-corrected chi connectivity index (χ2v) is 13.1. The van der Waals surface area contributed by atoms with E-state index in [9.17, 15) is 19.0 Å². The van der Waals surface area contributed by atoms with Crippen molar-refractivity contribution in [2.75, 3.05) is 26.4 Å². The summed E-state index contributed by atoms with van der Waals surface area (Å²) in [5.41, 5.74) is 5.32. The van der Waals surface area contributed by atoms with Crippen LogP contribution in [0.4, 0.5) is 0 Å². The monoisotopic (exact) mass is 697 g/mol. The molecule has 0 aliphatic heterocycles. The maximum atomic E-state index is 12.5. The van der Waals surface area contributed by atoms with E-state index in [1.54, 1.807) is 0 Å². The summed E-state index contributed by atoms with van der Waals surface area (Å²) in [6.45, 7) is 3.60. The van der Waals surface area contributed by atoms with Crippen LogP contribution in [0.1, 0.15) is 123 Å². The average molecular weight is 698 g/mol. The maximum absolute atomic E-state index is 12.5. The number of carbonyl (C=O) groups excluding carboxylic acids is 1. The predicted molar refractivity (Wildman–Crippen MR) is 194 cm³/mol. The third kappa shape index (κ3) is 32.2. The van der Waals surface area contributed by atoms with E-state index in [1.807, 2.05) is 0 Å².